The average molecular weight is 584 g/mol. The molecule has 3 saturated heterocycles. The molecule has 5 aliphatic rings. The number of aliphatic hydroxyl groups is 2. The van der Waals surface area contributed by atoms with Crippen molar-refractivity contribution in [3.05, 3.63) is 45.4 Å². The van der Waals surface area contributed by atoms with E-state index in [0.29, 0.717) is 31.1 Å². The van der Waals surface area contributed by atoms with Gasteiger partial charge >= 0.3 is 0 Å². The minimum atomic E-state index is -1.95. The minimum absolute atomic E-state index is 0.0194. The Morgan fingerprint density at radius 2 is 1.93 bits per heavy atom. The number of hydrogen-bond donors (Lipinski definition) is 2. The molecule has 12 heteroatoms. The van der Waals surface area contributed by atoms with E-state index < -0.39 is 42.2 Å². The lowest BCUT2D eigenvalue weighted by molar-refractivity contribution is -0.150. The van der Waals surface area contributed by atoms with Crippen LogP contribution in [0.5, 0.6) is 11.5 Å². The second-order valence-electron chi connectivity index (χ2n) is 11.5. The summed E-state index contributed by atoms with van der Waals surface area (Å²) in [5, 5.41) is 33.6. The van der Waals surface area contributed by atoms with Crippen molar-refractivity contribution in [2.24, 2.45) is 0 Å². The Hall–Kier alpha value is -3.18. The molecular weight excluding hydrogens is 546 g/mol. The van der Waals surface area contributed by atoms with Crippen LogP contribution in [0.25, 0.3) is 0 Å². The van der Waals surface area contributed by atoms with Crippen molar-refractivity contribution in [2.75, 3.05) is 54.7 Å². The lowest BCUT2D eigenvalue weighted by atomic mass is 9.65. The lowest BCUT2D eigenvalue weighted by Crippen LogP contribution is -2.74. The minimum Gasteiger partial charge on any atom is -0.493 e. The second kappa shape index (κ2) is 10.8. The first kappa shape index (κ1) is 28.9. The van der Waals surface area contributed by atoms with Gasteiger partial charge in [-0.15, -0.1) is 0 Å². The number of nitriles is 1. The number of likely N-dealkylation sites (N-methyl/N-ethyl adjacent to an activating group) is 1. The van der Waals surface area contributed by atoms with Crippen LogP contribution in [0.2, 0.25) is 0 Å². The van der Waals surface area contributed by atoms with Crippen molar-refractivity contribution < 1.29 is 43.4 Å². The molecule has 42 heavy (non-hydrogen) atoms. The number of hydrogen-bond acceptors (Lipinski definition) is 12. The molecule has 4 aliphatic heterocycles. The summed E-state index contributed by atoms with van der Waals surface area (Å²) >= 11 is 0. The number of aryl methyl sites for hydroxylation is 1. The Balaban J connectivity index is 1.51. The highest BCUT2D eigenvalue weighted by Crippen LogP contribution is 2.56. The zero-order valence-electron chi connectivity index (χ0n) is 24.5. The second-order valence-corrected chi connectivity index (χ2v) is 11.5. The van der Waals surface area contributed by atoms with E-state index in [9.17, 15) is 20.3 Å². The molecule has 6 atom stereocenters. The lowest BCUT2D eigenvalue weighted by Gasteiger charge is -2.62. The first-order valence-corrected chi connectivity index (χ1v) is 14.1. The predicted octanol–water partition coefficient (Wildman–Crippen LogP) is 1.09. The fraction of sp³-hybridized carbons (Fsp3) is 0.600. The Labute approximate surface area is 244 Å². The standard InChI is InChI=1S/C30H37N3O9/c1-15-8-17-9-18-20(11-31)33-19(24(32(18)3)22(17)27(25(15)38-5)40-13-39-7-6-37-4)10-30(36)23(21(33)12-34)28-26(41-14-42-28)16(2)29(30)35/h8,18-21,24,34,36H,6-7,9-10,12-14H2,1-5H3/t18-,19?,20+,21+,24+,30?/m1/s1. The molecule has 6 rings (SSSR count). The molecule has 226 valence electrons. The Kier molecular flexibility index (Phi) is 7.45. The zero-order valence-corrected chi connectivity index (χ0v) is 24.5. The van der Waals surface area contributed by atoms with Gasteiger partial charge in [0, 0.05) is 42.3 Å². The smallest absolute Gasteiger partial charge is 0.231 e. The number of carbonyl (C=O) groups is 1. The Bertz CT molecular complexity index is 1400. The molecule has 1 aromatic carbocycles. The number of benzene rings is 1. The number of piperazine rings is 1. The Morgan fingerprint density at radius 1 is 1.17 bits per heavy atom. The third-order valence-electron chi connectivity index (χ3n) is 9.45. The van der Waals surface area contributed by atoms with Gasteiger partial charge in [0.15, 0.2) is 41.2 Å². The van der Waals surface area contributed by atoms with Crippen molar-refractivity contribution >= 4 is 5.78 Å². The summed E-state index contributed by atoms with van der Waals surface area (Å²) in [6.45, 7) is 3.77. The fourth-order valence-electron chi connectivity index (χ4n) is 7.73. The van der Waals surface area contributed by atoms with Gasteiger partial charge in [0.25, 0.3) is 0 Å². The maximum absolute atomic E-state index is 13.8. The van der Waals surface area contributed by atoms with Crippen molar-refractivity contribution in [2.45, 2.75) is 62.5 Å². The number of methoxy groups -OCH3 is 2. The maximum Gasteiger partial charge on any atom is 0.231 e. The third kappa shape index (κ3) is 3.99. The molecule has 2 bridgehead atoms. The maximum atomic E-state index is 13.8. The van der Waals surface area contributed by atoms with Crippen molar-refractivity contribution in [3.63, 3.8) is 0 Å². The number of ether oxygens (including phenoxy) is 6. The van der Waals surface area contributed by atoms with Gasteiger partial charge in [0.1, 0.15) is 6.04 Å². The van der Waals surface area contributed by atoms with E-state index in [-0.39, 0.29) is 48.7 Å². The van der Waals surface area contributed by atoms with Crippen LogP contribution >= 0.6 is 0 Å². The van der Waals surface area contributed by atoms with Crippen LogP contribution in [0.15, 0.2) is 28.7 Å². The van der Waals surface area contributed by atoms with Crippen molar-refractivity contribution in [3.8, 4) is 17.6 Å². The summed E-state index contributed by atoms with van der Waals surface area (Å²) in [6, 6.07) is 1.87. The fourth-order valence-corrected chi connectivity index (χ4v) is 7.73. The molecule has 0 spiro atoms. The van der Waals surface area contributed by atoms with Crippen LogP contribution in [-0.4, -0.2) is 110 Å². The largest absolute Gasteiger partial charge is 0.493 e. The highest BCUT2D eigenvalue weighted by atomic mass is 16.7. The first-order valence-electron chi connectivity index (χ1n) is 14.1. The summed E-state index contributed by atoms with van der Waals surface area (Å²) in [4.78, 5) is 17.9. The number of nitrogens with zero attached hydrogens (tertiary/aromatic N) is 3. The summed E-state index contributed by atoms with van der Waals surface area (Å²) in [5.74, 6) is 1.17. The molecule has 2 N–H and O–H groups in total. The molecule has 4 heterocycles. The average Bonchev–Trinajstić information content (AvgIpc) is 3.45. The topological polar surface area (TPSA) is 143 Å². The van der Waals surface area contributed by atoms with Crippen LogP contribution in [0.1, 0.15) is 36.1 Å². The van der Waals surface area contributed by atoms with Crippen LogP contribution in [0, 0.1) is 18.3 Å². The summed E-state index contributed by atoms with van der Waals surface area (Å²) in [6.07, 6.45) is 0.529. The Morgan fingerprint density at radius 3 is 2.62 bits per heavy atom. The van der Waals surface area contributed by atoms with Gasteiger partial charge in [-0.2, -0.15) is 5.26 Å². The number of ketones is 1. The summed E-state index contributed by atoms with van der Waals surface area (Å²) in [5.41, 5.74) is 1.33. The highest BCUT2D eigenvalue weighted by Gasteiger charge is 2.64. The molecule has 0 aromatic heterocycles. The van der Waals surface area contributed by atoms with Crippen molar-refractivity contribution in [1.82, 2.24) is 9.80 Å². The van der Waals surface area contributed by atoms with Gasteiger partial charge < -0.3 is 38.6 Å². The number of carbonyl (C=O) groups excluding carboxylic acids is 1. The number of piperidine rings is 1. The van der Waals surface area contributed by atoms with Crippen LogP contribution in [0.3, 0.4) is 0 Å². The van der Waals surface area contributed by atoms with Crippen molar-refractivity contribution in [1.29, 1.82) is 5.26 Å². The van der Waals surface area contributed by atoms with Gasteiger partial charge in [0.05, 0.1) is 45.1 Å². The molecule has 0 radical (unpaired) electrons. The van der Waals surface area contributed by atoms with Gasteiger partial charge in [0.2, 0.25) is 6.79 Å². The molecule has 12 nitrogen and oxygen atoms in total. The van der Waals surface area contributed by atoms with E-state index in [1.54, 1.807) is 21.1 Å². The van der Waals surface area contributed by atoms with Crippen LogP contribution in [0.4, 0.5) is 0 Å². The van der Waals surface area contributed by atoms with Crippen LogP contribution in [-0.2, 0) is 30.2 Å². The highest BCUT2D eigenvalue weighted by molar-refractivity contribution is 6.06. The molecule has 1 aromatic rings. The van der Waals surface area contributed by atoms with Gasteiger partial charge in [-0.05, 0) is 38.4 Å². The van der Waals surface area contributed by atoms with Gasteiger partial charge in [-0.1, -0.05) is 6.07 Å². The van der Waals surface area contributed by atoms with Gasteiger partial charge in [-0.25, -0.2) is 0 Å². The monoisotopic (exact) mass is 583 g/mol. The van der Waals surface area contributed by atoms with E-state index in [1.807, 2.05) is 18.9 Å². The molecular formula is C30H37N3O9. The number of fused-ring (bicyclic) bond motifs is 8. The summed E-state index contributed by atoms with van der Waals surface area (Å²) < 4.78 is 34.2. The third-order valence-corrected chi connectivity index (χ3v) is 9.45. The molecule has 3 fully saturated rings. The summed E-state index contributed by atoms with van der Waals surface area (Å²) in [7, 11) is 5.14. The number of rotatable bonds is 8. The first-order chi connectivity index (χ1) is 20.2. The molecule has 0 saturated carbocycles. The van der Waals surface area contributed by atoms with Crippen LogP contribution < -0.4 is 9.47 Å². The van der Waals surface area contributed by atoms with E-state index in [1.165, 1.54) is 0 Å². The van der Waals surface area contributed by atoms with E-state index in [2.05, 4.69) is 17.0 Å². The number of Topliss-reactive ketones (excluding diaryl/α,β-unsaturated/α-hetero) is 1. The quantitative estimate of drug-likeness (QED) is 0.334. The number of aliphatic hydroxyl groups excluding tert-OH is 1. The van der Waals surface area contributed by atoms with Gasteiger partial charge in [-0.3, -0.25) is 14.6 Å². The normalized spacial score (nSPS) is 31.9. The van der Waals surface area contributed by atoms with E-state index >= 15 is 0 Å². The van der Waals surface area contributed by atoms with E-state index in [4.69, 9.17) is 28.4 Å². The predicted molar refractivity (Wildman–Crippen MR) is 146 cm³/mol. The SMILES string of the molecule is COCCOCOc1c(OC)c(C)cc2c1[C@@H]1C3CC4(O)C(=O)C(C)=C5OCOC5=C4[C@H](CO)N3[C@@H](C#N)[C@@H](C2)N1C. The molecule has 1 aliphatic carbocycles. The zero-order chi connectivity index (χ0) is 29.9. The van der Waals surface area contributed by atoms with E-state index in [0.717, 1.165) is 16.7 Å². The molecule has 0 amide bonds. The molecule has 2 unspecified atom stereocenters.